The number of hydrogen-bond donors (Lipinski definition) is 2. The second-order valence-electron chi connectivity index (χ2n) is 7.23. The van der Waals surface area contributed by atoms with E-state index in [4.69, 9.17) is 4.74 Å². The van der Waals surface area contributed by atoms with Crippen LogP contribution in [0.3, 0.4) is 0 Å². The average Bonchev–Trinajstić information content (AvgIpc) is 3.14. The van der Waals surface area contributed by atoms with Gasteiger partial charge < -0.3 is 20.1 Å². The summed E-state index contributed by atoms with van der Waals surface area (Å²) in [5, 5.41) is 13.1. The average molecular weight is 366 g/mol. The zero-order valence-corrected chi connectivity index (χ0v) is 14.9. The SMILES string of the molecule is O=C(NC12CC(O)C(C1)N(Cc1ccccc1)C2=O)OCc1ccccc1. The minimum absolute atomic E-state index is 0.136. The maximum atomic E-state index is 13.0. The van der Waals surface area contributed by atoms with Crippen LogP contribution >= 0.6 is 0 Å². The maximum absolute atomic E-state index is 13.0. The number of hydrogen-bond acceptors (Lipinski definition) is 4. The fourth-order valence-corrected chi connectivity index (χ4v) is 4.07. The van der Waals surface area contributed by atoms with Crippen LogP contribution in [0, 0.1) is 0 Å². The summed E-state index contributed by atoms with van der Waals surface area (Å²) in [5.41, 5.74) is 0.789. The first-order valence-electron chi connectivity index (χ1n) is 9.09. The molecule has 2 aromatic rings. The third kappa shape index (κ3) is 3.40. The minimum Gasteiger partial charge on any atom is -0.445 e. The number of carbonyl (C=O) groups is 2. The first-order valence-corrected chi connectivity index (χ1v) is 9.09. The number of amides is 2. The van der Waals surface area contributed by atoms with Gasteiger partial charge in [-0.25, -0.2) is 4.79 Å². The number of piperidine rings is 1. The molecule has 0 spiro atoms. The van der Waals surface area contributed by atoms with Crippen molar-refractivity contribution in [2.45, 2.75) is 43.7 Å². The van der Waals surface area contributed by atoms with Gasteiger partial charge in [-0.2, -0.15) is 0 Å². The largest absolute Gasteiger partial charge is 0.445 e. The number of carbonyl (C=O) groups excluding carboxylic acids is 2. The summed E-state index contributed by atoms with van der Waals surface area (Å²) in [7, 11) is 0. The standard InChI is InChI=1S/C21H22N2O4/c24-18-12-21(22-20(26)27-14-16-9-5-2-6-10-16)11-17(18)23(19(21)25)13-15-7-3-1-4-8-15/h1-10,17-18,24H,11-14H2,(H,22,26). The van der Waals surface area contributed by atoms with Crippen molar-refractivity contribution in [1.29, 1.82) is 0 Å². The van der Waals surface area contributed by atoms with Gasteiger partial charge in [-0.05, 0) is 11.1 Å². The summed E-state index contributed by atoms with van der Waals surface area (Å²) in [6.07, 6.45) is -0.662. The van der Waals surface area contributed by atoms with Crippen molar-refractivity contribution >= 4 is 12.0 Å². The molecule has 1 heterocycles. The molecule has 3 unspecified atom stereocenters. The number of aliphatic hydroxyl groups excluding tert-OH is 1. The van der Waals surface area contributed by atoms with Gasteiger partial charge >= 0.3 is 6.09 Å². The van der Waals surface area contributed by atoms with Crippen LogP contribution in [0.25, 0.3) is 0 Å². The van der Waals surface area contributed by atoms with Gasteiger partial charge in [0.1, 0.15) is 12.1 Å². The molecule has 2 bridgehead atoms. The lowest BCUT2D eigenvalue weighted by molar-refractivity contribution is -0.140. The van der Waals surface area contributed by atoms with E-state index in [0.717, 1.165) is 11.1 Å². The molecule has 2 N–H and O–H groups in total. The second-order valence-corrected chi connectivity index (χ2v) is 7.23. The van der Waals surface area contributed by atoms with Gasteiger partial charge in [0, 0.05) is 19.4 Å². The summed E-state index contributed by atoms with van der Waals surface area (Å²) in [5.74, 6) is -0.154. The van der Waals surface area contributed by atoms with Crippen LogP contribution in [0.15, 0.2) is 60.7 Å². The van der Waals surface area contributed by atoms with Gasteiger partial charge in [0.15, 0.2) is 0 Å². The van der Waals surface area contributed by atoms with Crippen LogP contribution in [0.5, 0.6) is 0 Å². The first kappa shape index (κ1) is 17.5. The Kier molecular flexibility index (Phi) is 4.58. The summed E-state index contributed by atoms with van der Waals surface area (Å²) >= 11 is 0. The fraction of sp³-hybridized carbons (Fsp3) is 0.333. The van der Waals surface area contributed by atoms with E-state index in [2.05, 4.69) is 5.32 Å². The highest BCUT2D eigenvalue weighted by Gasteiger charge is 2.61. The molecule has 2 aliphatic rings. The minimum atomic E-state index is -1.08. The highest BCUT2D eigenvalue weighted by Crippen LogP contribution is 2.43. The Balaban J connectivity index is 1.42. The lowest BCUT2D eigenvalue weighted by atomic mass is 9.97. The van der Waals surface area contributed by atoms with Gasteiger partial charge in [0.25, 0.3) is 0 Å². The van der Waals surface area contributed by atoms with Crippen molar-refractivity contribution in [3.8, 4) is 0 Å². The number of nitrogens with zero attached hydrogens (tertiary/aromatic N) is 1. The quantitative estimate of drug-likeness (QED) is 0.850. The van der Waals surface area contributed by atoms with E-state index in [1.807, 2.05) is 60.7 Å². The zero-order valence-electron chi connectivity index (χ0n) is 14.9. The van der Waals surface area contributed by atoms with Gasteiger partial charge in [-0.3, -0.25) is 4.79 Å². The van der Waals surface area contributed by atoms with Gasteiger partial charge in [0.2, 0.25) is 5.91 Å². The number of benzene rings is 2. The Labute approximate surface area is 157 Å². The maximum Gasteiger partial charge on any atom is 0.408 e. The molecule has 1 saturated carbocycles. The lowest BCUT2D eigenvalue weighted by Crippen LogP contribution is -2.57. The van der Waals surface area contributed by atoms with Crippen molar-refractivity contribution < 1.29 is 19.4 Å². The zero-order chi connectivity index (χ0) is 18.9. The van der Waals surface area contributed by atoms with E-state index >= 15 is 0 Å². The van der Waals surface area contributed by atoms with E-state index in [0.29, 0.717) is 13.0 Å². The van der Waals surface area contributed by atoms with Crippen LogP contribution in [0.2, 0.25) is 0 Å². The molecule has 27 heavy (non-hydrogen) atoms. The van der Waals surface area contributed by atoms with Crippen LogP contribution < -0.4 is 5.32 Å². The monoisotopic (exact) mass is 366 g/mol. The van der Waals surface area contributed by atoms with Crippen molar-refractivity contribution in [2.75, 3.05) is 0 Å². The van der Waals surface area contributed by atoms with Crippen LogP contribution in [-0.2, 0) is 22.7 Å². The molecular weight excluding hydrogens is 344 g/mol. The molecule has 0 radical (unpaired) electrons. The molecule has 1 saturated heterocycles. The molecule has 6 nitrogen and oxygen atoms in total. The van der Waals surface area contributed by atoms with Crippen molar-refractivity contribution in [2.24, 2.45) is 0 Å². The van der Waals surface area contributed by atoms with Crippen LogP contribution in [0.4, 0.5) is 4.79 Å². The topological polar surface area (TPSA) is 78.9 Å². The van der Waals surface area contributed by atoms with E-state index in [-0.39, 0.29) is 25.0 Å². The van der Waals surface area contributed by atoms with Crippen molar-refractivity contribution in [3.63, 3.8) is 0 Å². The predicted octanol–water partition coefficient (Wildman–Crippen LogP) is 2.22. The van der Waals surface area contributed by atoms with E-state index < -0.39 is 17.7 Å². The summed E-state index contributed by atoms with van der Waals surface area (Å²) in [4.78, 5) is 26.9. The first-order chi connectivity index (χ1) is 13.1. The molecule has 2 aromatic carbocycles. The summed E-state index contributed by atoms with van der Waals surface area (Å²) in [6.45, 7) is 0.556. The molecule has 140 valence electrons. The highest BCUT2D eigenvalue weighted by atomic mass is 16.5. The number of nitrogens with one attached hydrogen (secondary N) is 1. The van der Waals surface area contributed by atoms with E-state index in [1.54, 1.807) is 4.90 Å². The number of fused-ring (bicyclic) bond motifs is 2. The summed E-state index contributed by atoms with van der Waals surface area (Å²) in [6, 6.07) is 18.7. The molecule has 1 aliphatic carbocycles. The Morgan fingerprint density at radius 1 is 1.07 bits per heavy atom. The number of alkyl carbamates (subject to hydrolysis) is 1. The normalized spacial score (nSPS) is 26.3. The predicted molar refractivity (Wildman–Crippen MR) is 98.5 cm³/mol. The Bertz CT molecular complexity index is 827. The number of likely N-dealkylation sites (tertiary alicyclic amines) is 1. The molecule has 4 rings (SSSR count). The third-order valence-electron chi connectivity index (χ3n) is 5.38. The molecular formula is C21H22N2O4. The molecule has 3 atom stereocenters. The van der Waals surface area contributed by atoms with E-state index in [1.165, 1.54) is 0 Å². The lowest BCUT2D eigenvalue weighted by Gasteiger charge is -2.34. The summed E-state index contributed by atoms with van der Waals surface area (Å²) < 4.78 is 5.27. The number of rotatable bonds is 5. The Hall–Kier alpha value is -2.86. The number of aliphatic hydroxyl groups is 1. The Morgan fingerprint density at radius 3 is 2.37 bits per heavy atom. The smallest absolute Gasteiger partial charge is 0.408 e. The molecule has 2 fully saturated rings. The molecule has 2 amide bonds. The van der Waals surface area contributed by atoms with Crippen molar-refractivity contribution in [3.05, 3.63) is 71.8 Å². The molecule has 6 heteroatoms. The van der Waals surface area contributed by atoms with Gasteiger partial charge in [-0.1, -0.05) is 60.7 Å². The fourth-order valence-electron chi connectivity index (χ4n) is 4.07. The van der Waals surface area contributed by atoms with Crippen LogP contribution in [-0.4, -0.2) is 39.7 Å². The van der Waals surface area contributed by atoms with Crippen molar-refractivity contribution in [1.82, 2.24) is 10.2 Å². The van der Waals surface area contributed by atoms with Gasteiger partial charge in [0.05, 0.1) is 12.1 Å². The highest BCUT2D eigenvalue weighted by molar-refractivity contribution is 5.93. The number of ether oxygens (including phenoxy) is 1. The second kappa shape index (κ2) is 7.04. The van der Waals surface area contributed by atoms with Gasteiger partial charge in [-0.15, -0.1) is 0 Å². The van der Waals surface area contributed by atoms with E-state index in [9.17, 15) is 14.7 Å². The molecule has 0 aromatic heterocycles. The van der Waals surface area contributed by atoms with Crippen LogP contribution in [0.1, 0.15) is 24.0 Å². The Morgan fingerprint density at radius 2 is 1.70 bits per heavy atom. The third-order valence-corrected chi connectivity index (χ3v) is 5.38. The molecule has 1 aliphatic heterocycles.